The number of benzene rings is 4. The second-order valence-corrected chi connectivity index (χ2v) is 12.3. The predicted octanol–water partition coefficient (Wildman–Crippen LogP) is 12.0. The minimum atomic E-state index is -0.591. The van der Waals surface area contributed by atoms with E-state index in [9.17, 15) is 0 Å². The number of rotatable bonds is 5. The number of pyridine rings is 2. The van der Waals surface area contributed by atoms with E-state index in [1.807, 2.05) is 86.8 Å². The Labute approximate surface area is 296 Å². The smallest absolute Gasteiger partial charge is 0.138 e. The van der Waals surface area contributed by atoms with E-state index in [0.717, 1.165) is 77.9 Å². The molecule has 48 heavy (non-hydrogen) atoms. The fourth-order valence-corrected chi connectivity index (χ4v) is 5.89. The van der Waals surface area contributed by atoms with Crippen molar-refractivity contribution >= 4 is 32.9 Å². The average molecular weight is 806 g/mol. The molecule has 0 aliphatic carbocycles. The number of hydrogen-bond acceptors (Lipinski definition) is 4. The summed E-state index contributed by atoms with van der Waals surface area (Å²) in [5, 5.41) is 3.24. The van der Waals surface area contributed by atoms with Crippen LogP contribution in [0.5, 0.6) is 0 Å². The minimum absolute atomic E-state index is 0. The van der Waals surface area contributed by atoms with Gasteiger partial charge in [0.15, 0.2) is 0 Å². The van der Waals surface area contributed by atoms with E-state index >= 15 is 0 Å². The minimum Gasteiger partial charge on any atom is -0.500 e. The normalized spacial score (nSPS) is 11.8. The number of aryl methyl sites for hydroxylation is 1. The monoisotopic (exact) mass is 806 g/mol. The molecule has 0 saturated carbocycles. The van der Waals surface area contributed by atoms with Gasteiger partial charge in [-0.2, -0.15) is 0 Å². The first-order valence-electron chi connectivity index (χ1n) is 16.4. The zero-order valence-electron chi connectivity index (χ0n) is 28.6. The second-order valence-electron chi connectivity index (χ2n) is 12.3. The van der Waals surface area contributed by atoms with Gasteiger partial charge < -0.3 is 18.8 Å². The molecule has 4 aromatic heterocycles. The Kier molecular flexibility index (Phi) is 9.33. The summed E-state index contributed by atoms with van der Waals surface area (Å²) in [5.74, 6) is 0.744. The van der Waals surface area contributed by atoms with Crippen LogP contribution in [-0.2, 0) is 20.1 Å². The Morgan fingerprint density at radius 2 is 1.38 bits per heavy atom. The first-order chi connectivity index (χ1) is 23.2. The van der Waals surface area contributed by atoms with Crippen LogP contribution in [0.3, 0.4) is 0 Å². The number of fused-ring (bicyclic) bond motifs is 4. The van der Waals surface area contributed by atoms with Gasteiger partial charge in [-0.1, -0.05) is 92.2 Å². The number of furan rings is 2. The van der Waals surface area contributed by atoms with Gasteiger partial charge in [0.2, 0.25) is 0 Å². The maximum Gasteiger partial charge on any atom is 0.138 e. The zero-order chi connectivity index (χ0) is 33.4. The summed E-state index contributed by atoms with van der Waals surface area (Å²) in [5.41, 5.74) is 10.5. The summed E-state index contributed by atoms with van der Waals surface area (Å²) in [6, 6.07) is 40.7. The summed E-state index contributed by atoms with van der Waals surface area (Å²) in [4.78, 5) is 8.92. The maximum absolute atomic E-state index is 7.99. The first kappa shape index (κ1) is 31.8. The summed E-state index contributed by atoms with van der Waals surface area (Å²) in [6.07, 6.45) is 3.61. The maximum atomic E-state index is 7.99. The molecule has 1 radical (unpaired) electrons. The third-order valence-electron chi connectivity index (χ3n) is 8.56. The molecule has 8 rings (SSSR count). The molecular weight excluding hydrogens is 769 g/mol. The van der Waals surface area contributed by atoms with Crippen LogP contribution in [0, 0.1) is 19.1 Å². The van der Waals surface area contributed by atoms with E-state index in [0.29, 0.717) is 5.92 Å². The van der Waals surface area contributed by atoms with E-state index < -0.39 is 5.89 Å². The molecule has 4 heterocycles. The summed E-state index contributed by atoms with van der Waals surface area (Å²) in [6.45, 7) is 10.2. The number of nitrogens with zero attached hydrogens (tertiary/aromatic N) is 2. The van der Waals surface area contributed by atoms with Gasteiger partial charge in [-0.25, -0.2) is 0 Å². The topological polar surface area (TPSA) is 52.1 Å². The van der Waals surface area contributed by atoms with E-state index in [1.165, 1.54) is 5.56 Å². The van der Waals surface area contributed by atoms with Crippen molar-refractivity contribution in [3.63, 3.8) is 0 Å². The Morgan fingerprint density at radius 3 is 2.10 bits per heavy atom. The standard InChI is InChI=1S/C29H22NO2.C14H14N.Ir/c1-17(2)20-12-13-30-25(14-20)22-11-7-10-21-24-15-23-18(3)28(19-8-5-4-6-9-19)31-26(23)16-27(24)32-29(21)22;1-11(2)13-8-9-15-14(10-13)12-6-4-3-5-7-12;/h4-10,12-17H,1-3H3;3-6,8-11H,1-2H3;/q2*-1;/i;11D;. The number of aromatic nitrogens is 2. The van der Waals surface area contributed by atoms with Crippen molar-refractivity contribution in [1.82, 2.24) is 9.97 Å². The molecule has 0 amide bonds. The van der Waals surface area contributed by atoms with Crippen molar-refractivity contribution < 1.29 is 30.3 Å². The molecule has 0 bridgehead atoms. The predicted molar refractivity (Wildman–Crippen MR) is 192 cm³/mol. The number of hydrogen-bond donors (Lipinski definition) is 0. The molecular formula is C43H36IrN2O2-2. The van der Waals surface area contributed by atoms with Crippen LogP contribution in [-0.4, -0.2) is 9.97 Å². The van der Waals surface area contributed by atoms with Crippen molar-refractivity contribution in [1.29, 1.82) is 0 Å². The van der Waals surface area contributed by atoms with Crippen molar-refractivity contribution in [3.8, 4) is 33.8 Å². The molecule has 0 aliphatic rings. The van der Waals surface area contributed by atoms with E-state index in [-0.39, 0.29) is 20.1 Å². The summed E-state index contributed by atoms with van der Waals surface area (Å²) < 4.78 is 20.6. The fraction of sp³-hybridized carbons (Fsp3) is 0.163. The molecule has 0 fully saturated rings. The van der Waals surface area contributed by atoms with Gasteiger partial charge >= 0.3 is 0 Å². The Balaban J connectivity index is 0.000000208. The second kappa shape index (κ2) is 14.1. The van der Waals surface area contributed by atoms with Crippen LogP contribution >= 0.6 is 0 Å². The molecule has 4 nitrogen and oxygen atoms in total. The van der Waals surface area contributed by atoms with Crippen LogP contribution < -0.4 is 0 Å². The quantitative estimate of drug-likeness (QED) is 0.163. The Hall–Kier alpha value is -4.83. The summed E-state index contributed by atoms with van der Waals surface area (Å²) >= 11 is 0. The van der Waals surface area contributed by atoms with Crippen LogP contribution in [0.4, 0.5) is 0 Å². The van der Waals surface area contributed by atoms with Crippen LogP contribution in [0.2, 0.25) is 0 Å². The third kappa shape index (κ3) is 6.49. The molecule has 0 spiro atoms. The third-order valence-corrected chi connectivity index (χ3v) is 8.56. The zero-order valence-corrected chi connectivity index (χ0v) is 30.0. The van der Waals surface area contributed by atoms with Crippen molar-refractivity contribution in [2.45, 2.75) is 46.4 Å². The van der Waals surface area contributed by atoms with Crippen LogP contribution in [0.25, 0.3) is 66.7 Å². The van der Waals surface area contributed by atoms with Gasteiger partial charge in [0.1, 0.15) is 16.9 Å². The molecule has 5 heteroatoms. The van der Waals surface area contributed by atoms with Gasteiger partial charge in [0, 0.05) is 61.8 Å². The largest absolute Gasteiger partial charge is 0.500 e. The van der Waals surface area contributed by atoms with Crippen LogP contribution in [0.1, 0.15) is 57.6 Å². The first-order valence-corrected chi connectivity index (χ1v) is 15.9. The summed E-state index contributed by atoms with van der Waals surface area (Å²) in [7, 11) is 0. The van der Waals surface area contributed by atoms with Crippen molar-refractivity contribution in [2.75, 3.05) is 0 Å². The van der Waals surface area contributed by atoms with Gasteiger partial charge in [0.25, 0.3) is 0 Å². The SMILES string of the molecule is Cc1c(-c2ccccc2)oc2cc3oc4c(-c5cc(C(C)C)ccn5)[c-]ccc4c3cc12.[2H]C(C)(C)c1ccnc(-c2[c-]cccc2)c1.[Ir]. The van der Waals surface area contributed by atoms with Gasteiger partial charge in [-0.05, 0) is 48.3 Å². The van der Waals surface area contributed by atoms with E-state index in [4.69, 9.17) is 10.2 Å². The molecule has 0 N–H and O–H groups in total. The van der Waals surface area contributed by atoms with Crippen molar-refractivity contribution in [3.05, 3.63) is 144 Å². The van der Waals surface area contributed by atoms with E-state index in [2.05, 4.69) is 79.3 Å². The molecule has 0 saturated heterocycles. The van der Waals surface area contributed by atoms with Gasteiger partial charge in [-0.15, -0.1) is 54.1 Å². The van der Waals surface area contributed by atoms with Gasteiger partial charge in [-0.3, -0.25) is 0 Å². The Morgan fingerprint density at radius 1 is 0.667 bits per heavy atom. The molecule has 0 aliphatic heterocycles. The van der Waals surface area contributed by atoms with Gasteiger partial charge in [0.05, 0.1) is 5.58 Å². The molecule has 4 aromatic carbocycles. The average Bonchev–Trinajstić information content (AvgIpc) is 3.64. The van der Waals surface area contributed by atoms with Crippen LogP contribution in [0.15, 0.2) is 124 Å². The Bertz CT molecular complexity index is 2370. The molecule has 0 atom stereocenters. The molecule has 241 valence electrons. The fourth-order valence-electron chi connectivity index (χ4n) is 5.89. The van der Waals surface area contributed by atoms with Crippen molar-refractivity contribution in [2.24, 2.45) is 0 Å². The molecule has 0 unspecified atom stereocenters. The van der Waals surface area contributed by atoms with E-state index in [1.54, 1.807) is 6.20 Å². The molecule has 8 aromatic rings.